The van der Waals surface area contributed by atoms with Gasteiger partial charge in [0.25, 0.3) is 5.91 Å². The molecule has 1 amide bonds. The minimum Gasteiger partial charge on any atom is -0.337 e. The number of alkyl halides is 6. The molecule has 0 unspecified atom stereocenters. The normalized spacial score (nSPS) is 16.6. The van der Waals surface area contributed by atoms with E-state index in [0.29, 0.717) is 24.6 Å². The molecule has 1 aliphatic heterocycles. The number of rotatable bonds is 5. The van der Waals surface area contributed by atoms with Crippen LogP contribution >= 0.6 is 0 Å². The van der Waals surface area contributed by atoms with E-state index in [2.05, 4.69) is 4.98 Å². The molecule has 1 saturated heterocycles. The van der Waals surface area contributed by atoms with E-state index in [1.807, 2.05) is 0 Å². The molecule has 0 bridgehead atoms. The molecule has 1 fully saturated rings. The quantitative estimate of drug-likeness (QED) is 0.462. The van der Waals surface area contributed by atoms with Crippen molar-refractivity contribution in [2.24, 2.45) is 5.92 Å². The minimum absolute atomic E-state index is 0. The van der Waals surface area contributed by atoms with Crippen molar-refractivity contribution < 1.29 is 48.0 Å². The van der Waals surface area contributed by atoms with Gasteiger partial charge in [0.05, 0.1) is 26.2 Å². The molecule has 0 radical (unpaired) electrons. The van der Waals surface area contributed by atoms with Gasteiger partial charge in [-0.3, -0.25) is 4.79 Å². The average molecular weight is 589 g/mol. The molecule has 1 atom stereocenters. The van der Waals surface area contributed by atoms with Crippen LogP contribution in [-0.4, -0.2) is 57.2 Å². The van der Waals surface area contributed by atoms with E-state index < -0.39 is 75.7 Å². The van der Waals surface area contributed by atoms with Gasteiger partial charge in [-0.05, 0) is 49.9 Å². The lowest BCUT2D eigenvalue weighted by Crippen LogP contribution is -2.43. The first-order chi connectivity index (χ1) is 16.8. The highest BCUT2D eigenvalue weighted by molar-refractivity contribution is 7.92. The molecule has 212 valence electrons. The average Bonchev–Trinajstić information content (AvgIpc) is 2.81. The van der Waals surface area contributed by atoms with Gasteiger partial charge in [-0.15, -0.1) is 0 Å². The second-order valence-electron chi connectivity index (χ2n) is 8.75. The highest BCUT2D eigenvalue weighted by Crippen LogP contribution is 2.35. The van der Waals surface area contributed by atoms with Crippen LogP contribution in [0.3, 0.4) is 0 Å². The Bertz CT molecular complexity index is 1400. The van der Waals surface area contributed by atoms with Crippen LogP contribution in [0, 0.1) is 5.92 Å². The monoisotopic (exact) mass is 588 g/mol. The number of amides is 1. The summed E-state index contributed by atoms with van der Waals surface area (Å²) >= 11 is 0. The Morgan fingerprint density at radius 1 is 0.974 bits per heavy atom. The predicted molar refractivity (Wildman–Crippen MR) is 126 cm³/mol. The van der Waals surface area contributed by atoms with Gasteiger partial charge in [-0.25, -0.2) is 21.8 Å². The summed E-state index contributed by atoms with van der Waals surface area (Å²) in [7, 11) is -8.42. The molecule has 3 rings (SSSR count). The van der Waals surface area contributed by atoms with Crippen LogP contribution in [0.1, 0.15) is 48.8 Å². The summed E-state index contributed by atoms with van der Waals surface area (Å²) in [5, 5.41) is -1.09. The van der Waals surface area contributed by atoms with Gasteiger partial charge in [0.2, 0.25) is 0 Å². The van der Waals surface area contributed by atoms with E-state index in [0.717, 1.165) is 23.1 Å². The third-order valence-corrected chi connectivity index (χ3v) is 9.64. The molecule has 1 aromatic heterocycles. The maximum Gasteiger partial charge on any atom is 0.417 e. The van der Waals surface area contributed by atoms with Crippen LogP contribution in [0.2, 0.25) is 0 Å². The standard InChI is InChI=1S/C22H22F6N2O5S2.CH4/c1-13(37(34,35)17-5-3-4-15(10-17)21(23,24)25)14-6-8-30(9-7-14)20(31)19-18(36(2,32)33)11-16(12-29-19)22(26,27)28;/h3-5,10-14H,6-9H2,1-2H3;1H4/t13-;/m1./s1. The van der Waals surface area contributed by atoms with Crippen LogP contribution in [0.15, 0.2) is 46.3 Å². The third kappa shape index (κ3) is 6.65. The number of halogens is 6. The van der Waals surface area contributed by atoms with Gasteiger partial charge in [-0.2, -0.15) is 26.3 Å². The number of hydrogen-bond acceptors (Lipinski definition) is 6. The zero-order valence-electron chi connectivity index (χ0n) is 19.5. The summed E-state index contributed by atoms with van der Waals surface area (Å²) in [4.78, 5) is 16.2. The summed E-state index contributed by atoms with van der Waals surface area (Å²) in [6.45, 7) is 1.24. The smallest absolute Gasteiger partial charge is 0.337 e. The highest BCUT2D eigenvalue weighted by atomic mass is 32.2. The number of likely N-dealkylation sites (tertiary alicyclic amines) is 1. The number of carbonyl (C=O) groups excluding carboxylic acids is 1. The van der Waals surface area contributed by atoms with E-state index in [-0.39, 0.29) is 33.4 Å². The van der Waals surface area contributed by atoms with Crippen molar-refractivity contribution in [2.75, 3.05) is 19.3 Å². The van der Waals surface area contributed by atoms with E-state index in [1.54, 1.807) is 0 Å². The van der Waals surface area contributed by atoms with Gasteiger partial charge in [0.15, 0.2) is 19.7 Å². The molecule has 0 N–H and O–H groups in total. The predicted octanol–water partition coefficient (Wildman–Crippen LogP) is 4.87. The molecule has 0 saturated carbocycles. The largest absolute Gasteiger partial charge is 0.417 e. The van der Waals surface area contributed by atoms with Crippen LogP contribution in [0.4, 0.5) is 26.3 Å². The zero-order chi connectivity index (χ0) is 28.0. The van der Waals surface area contributed by atoms with Crippen LogP contribution in [-0.2, 0) is 32.0 Å². The number of carbonyl (C=O) groups is 1. The lowest BCUT2D eigenvalue weighted by Gasteiger charge is -2.34. The van der Waals surface area contributed by atoms with Crippen molar-refractivity contribution in [3.8, 4) is 0 Å². The molecule has 0 aliphatic carbocycles. The van der Waals surface area contributed by atoms with Crippen molar-refractivity contribution in [1.29, 1.82) is 0 Å². The second kappa shape index (κ2) is 10.8. The van der Waals surface area contributed by atoms with E-state index in [1.165, 1.54) is 6.92 Å². The SMILES string of the molecule is C.C[C@H](C1CCN(C(=O)c2ncc(C(F)(F)F)cc2S(C)(=O)=O)CC1)S(=O)(=O)c1cccc(C(F)(F)F)c1. The molecule has 2 heterocycles. The first-order valence-electron chi connectivity index (χ1n) is 10.8. The Morgan fingerprint density at radius 3 is 2.03 bits per heavy atom. The van der Waals surface area contributed by atoms with Gasteiger partial charge in [0, 0.05) is 25.5 Å². The molecule has 38 heavy (non-hydrogen) atoms. The van der Waals surface area contributed by atoms with E-state index >= 15 is 0 Å². The summed E-state index contributed by atoms with van der Waals surface area (Å²) < 4.78 is 128. The highest BCUT2D eigenvalue weighted by Gasteiger charge is 2.38. The number of aromatic nitrogens is 1. The first kappa shape index (κ1) is 31.5. The summed E-state index contributed by atoms with van der Waals surface area (Å²) in [6.07, 6.45) is -8.38. The van der Waals surface area contributed by atoms with E-state index in [9.17, 15) is 48.0 Å². The zero-order valence-corrected chi connectivity index (χ0v) is 21.1. The summed E-state index contributed by atoms with van der Waals surface area (Å²) in [6, 6.07) is 3.73. The van der Waals surface area contributed by atoms with Crippen molar-refractivity contribution in [2.45, 2.75) is 54.6 Å². The molecule has 1 aliphatic rings. The minimum atomic E-state index is -4.88. The summed E-state index contributed by atoms with van der Waals surface area (Å²) in [5.41, 5.74) is -3.12. The van der Waals surface area contributed by atoms with Gasteiger partial charge in [0.1, 0.15) is 5.69 Å². The third-order valence-electron chi connectivity index (χ3n) is 6.25. The number of benzene rings is 1. The van der Waals surface area contributed by atoms with Crippen LogP contribution < -0.4 is 0 Å². The Labute approximate surface area is 216 Å². The van der Waals surface area contributed by atoms with Crippen molar-refractivity contribution in [1.82, 2.24) is 9.88 Å². The molecule has 1 aromatic carbocycles. The lowest BCUT2D eigenvalue weighted by atomic mass is 9.94. The molecule has 15 heteroatoms. The topological polar surface area (TPSA) is 101 Å². The van der Waals surface area contributed by atoms with E-state index in [4.69, 9.17) is 0 Å². The number of pyridine rings is 1. The fourth-order valence-electron chi connectivity index (χ4n) is 4.08. The van der Waals surface area contributed by atoms with Gasteiger partial charge < -0.3 is 4.90 Å². The fraction of sp³-hybridized carbons (Fsp3) is 0.478. The van der Waals surface area contributed by atoms with Crippen LogP contribution in [0.25, 0.3) is 0 Å². The molecule has 2 aromatic rings. The van der Waals surface area contributed by atoms with Crippen LogP contribution in [0.5, 0.6) is 0 Å². The first-order valence-corrected chi connectivity index (χ1v) is 14.2. The molecule has 0 spiro atoms. The van der Waals surface area contributed by atoms with Crippen molar-refractivity contribution >= 4 is 25.6 Å². The maximum absolute atomic E-state index is 13.0. The molecular formula is C23H26F6N2O5S2. The van der Waals surface area contributed by atoms with Crippen molar-refractivity contribution in [3.05, 3.63) is 53.3 Å². The number of sulfone groups is 2. The Hall–Kier alpha value is -2.68. The molecular weight excluding hydrogens is 562 g/mol. The number of hydrogen-bond donors (Lipinski definition) is 0. The Kier molecular flexibility index (Phi) is 8.99. The second-order valence-corrected chi connectivity index (χ2v) is 13.0. The molecule has 7 nitrogen and oxygen atoms in total. The van der Waals surface area contributed by atoms with Crippen molar-refractivity contribution in [3.63, 3.8) is 0 Å². The van der Waals surface area contributed by atoms with Gasteiger partial charge >= 0.3 is 12.4 Å². The number of nitrogens with zero attached hydrogens (tertiary/aromatic N) is 2. The lowest BCUT2D eigenvalue weighted by molar-refractivity contribution is -0.138. The number of piperidine rings is 1. The van der Waals surface area contributed by atoms with Gasteiger partial charge in [-0.1, -0.05) is 13.5 Å². The Balaban J connectivity index is 0.00000507. The Morgan fingerprint density at radius 2 is 1.53 bits per heavy atom. The summed E-state index contributed by atoms with van der Waals surface area (Å²) in [5.74, 6) is -1.47. The maximum atomic E-state index is 13.0. The fourth-order valence-corrected chi connectivity index (χ4v) is 6.68.